The summed E-state index contributed by atoms with van der Waals surface area (Å²) in [5.41, 5.74) is -1.69. The third-order valence-corrected chi connectivity index (χ3v) is 1.76. The van der Waals surface area contributed by atoms with Crippen LogP contribution in [0.3, 0.4) is 0 Å². The number of aliphatic hydroxyl groups excluding tert-OH is 1. The molecule has 0 heterocycles. The van der Waals surface area contributed by atoms with Gasteiger partial charge < -0.3 is 10.2 Å². The first-order valence-electron chi connectivity index (χ1n) is 3.43. The molecule has 3 nitrogen and oxygen atoms in total. The number of carboxylic acid groups (broad SMARTS) is 1. The molecule has 0 aliphatic rings. The summed E-state index contributed by atoms with van der Waals surface area (Å²) in [6.45, 7) is 1.50. The minimum absolute atomic E-state index is 0.743. The third-order valence-electron chi connectivity index (χ3n) is 1.76. The van der Waals surface area contributed by atoms with Gasteiger partial charge in [-0.15, -0.1) is 0 Å². The molecule has 0 aromatic heterocycles. The first-order chi connectivity index (χ1) is 5.23. The summed E-state index contributed by atoms with van der Waals surface area (Å²) < 4.78 is 25.8. The second kappa shape index (κ2) is 3.35. The summed E-state index contributed by atoms with van der Waals surface area (Å²) in [5, 5.41) is 16.7. The lowest BCUT2D eigenvalue weighted by molar-refractivity contribution is -0.162. The van der Waals surface area contributed by atoms with Gasteiger partial charge in [0.2, 0.25) is 0 Å². The van der Waals surface area contributed by atoms with Crippen molar-refractivity contribution >= 4 is 5.97 Å². The van der Waals surface area contributed by atoms with E-state index in [1.54, 1.807) is 0 Å². The minimum Gasteiger partial charge on any atom is -0.481 e. The van der Waals surface area contributed by atoms with Crippen molar-refractivity contribution in [3.05, 3.63) is 0 Å². The van der Waals surface area contributed by atoms with Crippen LogP contribution >= 0.6 is 0 Å². The molecule has 12 heavy (non-hydrogen) atoms. The van der Waals surface area contributed by atoms with Crippen LogP contribution in [0.1, 0.15) is 20.3 Å². The SMILES string of the molecule is CC(C)(CO)C(F)(F)CC(=O)O. The van der Waals surface area contributed by atoms with Gasteiger partial charge >= 0.3 is 5.97 Å². The Bertz CT molecular complexity index is 177. The number of carboxylic acids is 1. The van der Waals surface area contributed by atoms with Gasteiger partial charge in [-0.25, -0.2) is 8.78 Å². The van der Waals surface area contributed by atoms with E-state index >= 15 is 0 Å². The van der Waals surface area contributed by atoms with Crippen molar-refractivity contribution in [2.24, 2.45) is 5.41 Å². The number of hydrogen-bond donors (Lipinski definition) is 2. The summed E-state index contributed by atoms with van der Waals surface area (Å²) >= 11 is 0. The molecule has 0 bridgehead atoms. The topological polar surface area (TPSA) is 57.5 Å². The van der Waals surface area contributed by atoms with Crippen molar-refractivity contribution in [3.63, 3.8) is 0 Å². The first-order valence-corrected chi connectivity index (χ1v) is 3.43. The van der Waals surface area contributed by atoms with Crippen LogP contribution in [-0.4, -0.2) is 28.7 Å². The second-order valence-electron chi connectivity index (χ2n) is 3.32. The third kappa shape index (κ3) is 2.41. The molecule has 2 N–H and O–H groups in total. The van der Waals surface area contributed by atoms with Crippen molar-refractivity contribution in [2.75, 3.05) is 6.61 Å². The molecular formula is C7H12F2O3. The van der Waals surface area contributed by atoms with Crippen LogP contribution in [0.2, 0.25) is 0 Å². The van der Waals surface area contributed by atoms with E-state index in [0.29, 0.717) is 0 Å². The maximum absolute atomic E-state index is 12.9. The number of rotatable bonds is 4. The number of aliphatic carboxylic acids is 1. The molecule has 0 atom stereocenters. The van der Waals surface area contributed by atoms with Crippen molar-refractivity contribution in [3.8, 4) is 0 Å². The Hall–Kier alpha value is -0.710. The van der Waals surface area contributed by atoms with Crippen LogP contribution < -0.4 is 0 Å². The molecule has 0 saturated carbocycles. The van der Waals surface area contributed by atoms with E-state index in [4.69, 9.17) is 10.2 Å². The monoisotopic (exact) mass is 182 g/mol. The summed E-state index contributed by atoms with van der Waals surface area (Å²) in [7, 11) is 0. The van der Waals surface area contributed by atoms with Crippen molar-refractivity contribution in [2.45, 2.75) is 26.2 Å². The Kier molecular flexibility index (Phi) is 3.15. The van der Waals surface area contributed by atoms with E-state index in [1.807, 2.05) is 0 Å². The summed E-state index contributed by atoms with van der Waals surface area (Å²) in [6, 6.07) is 0. The molecule has 0 radical (unpaired) electrons. The molecule has 0 aromatic rings. The molecule has 0 aliphatic carbocycles. The van der Waals surface area contributed by atoms with Gasteiger partial charge in [-0.1, -0.05) is 13.8 Å². The van der Waals surface area contributed by atoms with Crippen LogP contribution in [0, 0.1) is 5.41 Å². The average molecular weight is 182 g/mol. The summed E-state index contributed by atoms with van der Waals surface area (Å²) in [6.07, 6.45) is -1.25. The van der Waals surface area contributed by atoms with Gasteiger partial charge in [0.25, 0.3) is 5.92 Å². The molecule has 0 spiro atoms. The average Bonchev–Trinajstić information content (AvgIpc) is 1.84. The van der Waals surface area contributed by atoms with Crippen LogP contribution in [0.5, 0.6) is 0 Å². The molecular weight excluding hydrogens is 170 g/mol. The van der Waals surface area contributed by atoms with E-state index in [9.17, 15) is 13.6 Å². The van der Waals surface area contributed by atoms with Gasteiger partial charge in [0.15, 0.2) is 0 Å². The number of halogens is 2. The van der Waals surface area contributed by atoms with E-state index < -0.39 is 30.3 Å². The highest BCUT2D eigenvalue weighted by Crippen LogP contribution is 2.38. The highest BCUT2D eigenvalue weighted by Gasteiger charge is 2.47. The van der Waals surface area contributed by atoms with Crippen molar-refractivity contribution in [1.82, 2.24) is 0 Å². The van der Waals surface area contributed by atoms with Crippen LogP contribution in [-0.2, 0) is 4.79 Å². The lowest BCUT2D eigenvalue weighted by atomic mass is 9.85. The molecule has 0 aromatic carbocycles. The molecule has 0 saturated heterocycles. The lowest BCUT2D eigenvalue weighted by Gasteiger charge is -2.30. The minimum atomic E-state index is -3.38. The predicted molar refractivity (Wildman–Crippen MR) is 38.1 cm³/mol. The van der Waals surface area contributed by atoms with Crippen LogP contribution in [0.25, 0.3) is 0 Å². The van der Waals surface area contributed by atoms with E-state index in [-0.39, 0.29) is 0 Å². The maximum Gasteiger partial charge on any atom is 0.309 e. The van der Waals surface area contributed by atoms with E-state index in [2.05, 4.69) is 0 Å². The summed E-state index contributed by atoms with van der Waals surface area (Å²) in [5.74, 6) is -4.95. The number of hydrogen-bond acceptors (Lipinski definition) is 2. The Morgan fingerprint density at radius 3 is 2.08 bits per heavy atom. The first kappa shape index (κ1) is 11.3. The largest absolute Gasteiger partial charge is 0.481 e. The Morgan fingerprint density at radius 2 is 1.83 bits per heavy atom. The zero-order valence-corrected chi connectivity index (χ0v) is 6.97. The Balaban J connectivity index is 4.48. The Labute approximate surface area is 69.0 Å². The molecule has 0 rings (SSSR count). The van der Waals surface area contributed by atoms with Gasteiger partial charge in [-0.3, -0.25) is 4.79 Å². The van der Waals surface area contributed by atoms with Gasteiger partial charge in [0.05, 0.1) is 12.0 Å². The molecule has 0 amide bonds. The van der Waals surface area contributed by atoms with E-state index in [0.717, 1.165) is 13.8 Å². The second-order valence-corrected chi connectivity index (χ2v) is 3.32. The highest BCUT2D eigenvalue weighted by atomic mass is 19.3. The fourth-order valence-corrected chi connectivity index (χ4v) is 0.545. The fraction of sp³-hybridized carbons (Fsp3) is 0.857. The number of alkyl halides is 2. The van der Waals surface area contributed by atoms with Gasteiger partial charge in [0, 0.05) is 0 Å². The van der Waals surface area contributed by atoms with E-state index in [1.165, 1.54) is 0 Å². The molecule has 72 valence electrons. The van der Waals surface area contributed by atoms with Crippen LogP contribution in [0.15, 0.2) is 0 Å². The van der Waals surface area contributed by atoms with Gasteiger partial charge in [-0.2, -0.15) is 0 Å². The quantitative estimate of drug-likeness (QED) is 0.684. The van der Waals surface area contributed by atoms with Gasteiger partial charge in [0.1, 0.15) is 6.42 Å². The lowest BCUT2D eigenvalue weighted by Crippen LogP contribution is -2.41. The zero-order valence-electron chi connectivity index (χ0n) is 6.97. The Morgan fingerprint density at radius 1 is 1.42 bits per heavy atom. The standard InChI is InChI=1S/C7H12F2O3/c1-6(2,4-10)7(8,9)3-5(11)12/h10H,3-4H2,1-2H3,(H,11,12). The molecule has 0 unspecified atom stereocenters. The van der Waals surface area contributed by atoms with Crippen LogP contribution in [0.4, 0.5) is 8.78 Å². The van der Waals surface area contributed by atoms with Gasteiger partial charge in [-0.05, 0) is 0 Å². The summed E-state index contributed by atoms with van der Waals surface area (Å²) in [4.78, 5) is 10.0. The maximum atomic E-state index is 12.9. The number of aliphatic hydroxyl groups is 1. The van der Waals surface area contributed by atoms with Crippen molar-refractivity contribution < 1.29 is 23.8 Å². The fourth-order valence-electron chi connectivity index (χ4n) is 0.545. The molecule has 5 heteroatoms. The molecule has 0 fully saturated rings. The molecule has 0 aliphatic heterocycles. The van der Waals surface area contributed by atoms with Crippen molar-refractivity contribution in [1.29, 1.82) is 0 Å². The number of carbonyl (C=O) groups is 1. The normalized spacial score (nSPS) is 13.1. The zero-order chi connectivity index (χ0) is 9.99. The smallest absolute Gasteiger partial charge is 0.309 e. The highest BCUT2D eigenvalue weighted by molar-refractivity contribution is 5.68. The predicted octanol–water partition coefficient (Wildman–Crippen LogP) is 1.11.